The number of rotatable bonds is 10. The van der Waals surface area contributed by atoms with Crippen molar-refractivity contribution in [2.75, 3.05) is 0 Å². The maximum atomic E-state index is 3.87. The standard InChI is InChI=1S/C29H50/c1-3-5-9-25-12-14-26(15-13-25)10-6-7-11-27-18-22-29(23-19-27)28-20-16-24(8-4-2)17-21-28/h3,6,10,24-29H,1,4-5,7-9,11-23H2,2H3. The Kier molecular flexibility index (Phi) is 10.4. The second-order valence-electron chi connectivity index (χ2n) is 11.0. The summed E-state index contributed by atoms with van der Waals surface area (Å²) in [5.74, 6) is 6.14. The first kappa shape index (κ1) is 23.1. The third-order valence-electron chi connectivity index (χ3n) is 8.97. The third-order valence-corrected chi connectivity index (χ3v) is 8.97. The van der Waals surface area contributed by atoms with E-state index in [2.05, 4.69) is 31.7 Å². The molecule has 0 unspecified atom stereocenters. The molecule has 0 spiro atoms. The van der Waals surface area contributed by atoms with E-state index < -0.39 is 0 Å². The lowest BCUT2D eigenvalue weighted by Crippen LogP contribution is -2.25. The molecule has 0 bridgehead atoms. The molecule has 3 aliphatic rings. The van der Waals surface area contributed by atoms with Crippen LogP contribution >= 0.6 is 0 Å². The largest absolute Gasteiger partial charge is 0.103 e. The van der Waals surface area contributed by atoms with Crippen molar-refractivity contribution in [1.82, 2.24) is 0 Å². The minimum Gasteiger partial charge on any atom is -0.103 e. The van der Waals surface area contributed by atoms with Crippen molar-refractivity contribution in [3.05, 3.63) is 24.8 Å². The van der Waals surface area contributed by atoms with Gasteiger partial charge in [-0.2, -0.15) is 0 Å². The Bertz CT molecular complexity index is 450. The zero-order valence-electron chi connectivity index (χ0n) is 19.6. The topological polar surface area (TPSA) is 0 Å². The first-order chi connectivity index (χ1) is 14.3. The number of hydrogen-bond acceptors (Lipinski definition) is 0. The van der Waals surface area contributed by atoms with Crippen LogP contribution in [0.2, 0.25) is 0 Å². The van der Waals surface area contributed by atoms with Crippen molar-refractivity contribution in [3.8, 4) is 0 Å². The van der Waals surface area contributed by atoms with Crippen LogP contribution in [0.3, 0.4) is 0 Å². The van der Waals surface area contributed by atoms with Crippen LogP contribution in [-0.4, -0.2) is 0 Å². The van der Waals surface area contributed by atoms with Gasteiger partial charge >= 0.3 is 0 Å². The van der Waals surface area contributed by atoms with Gasteiger partial charge in [0, 0.05) is 0 Å². The first-order valence-electron chi connectivity index (χ1n) is 13.6. The SMILES string of the molecule is C=CCCC1CCC(C=CCCC2CCC(C3CCC(CCC)CC3)CC2)CC1. The molecular formula is C29H50. The van der Waals surface area contributed by atoms with Crippen LogP contribution < -0.4 is 0 Å². The molecule has 0 amide bonds. The molecule has 0 aromatic heterocycles. The van der Waals surface area contributed by atoms with E-state index in [1.807, 2.05) is 0 Å². The van der Waals surface area contributed by atoms with Crippen LogP contribution in [0.15, 0.2) is 24.8 Å². The average molecular weight is 399 g/mol. The van der Waals surface area contributed by atoms with Crippen molar-refractivity contribution in [2.45, 2.75) is 122 Å². The lowest BCUT2D eigenvalue weighted by molar-refractivity contribution is 0.141. The maximum absolute atomic E-state index is 3.87. The van der Waals surface area contributed by atoms with Gasteiger partial charge in [0.15, 0.2) is 0 Å². The van der Waals surface area contributed by atoms with Crippen LogP contribution in [0.5, 0.6) is 0 Å². The summed E-state index contributed by atoms with van der Waals surface area (Å²) in [6.07, 6.45) is 33.6. The van der Waals surface area contributed by atoms with Crippen LogP contribution in [0.4, 0.5) is 0 Å². The van der Waals surface area contributed by atoms with Gasteiger partial charge in [-0.05, 0) is 113 Å². The summed E-state index contributed by atoms with van der Waals surface area (Å²) in [5.41, 5.74) is 0. The molecular weight excluding hydrogens is 348 g/mol. The summed E-state index contributed by atoms with van der Waals surface area (Å²) >= 11 is 0. The van der Waals surface area contributed by atoms with Crippen LogP contribution in [0.25, 0.3) is 0 Å². The summed E-state index contributed by atoms with van der Waals surface area (Å²) in [4.78, 5) is 0. The van der Waals surface area contributed by atoms with Gasteiger partial charge < -0.3 is 0 Å². The van der Waals surface area contributed by atoms with E-state index >= 15 is 0 Å². The minimum atomic E-state index is 0.883. The van der Waals surface area contributed by atoms with E-state index in [9.17, 15) is 0 Å². The Labute approximate surface area is 183 Å². The van der Waals surface area contributed by atoms with E-state index in [4.69, 9.17) is 0 Å². The predicted molar refractivity (Wildman–Crippen MR) is 129 cm³/mol. The molecule has 0 aromatic rings. The Morgan fingerprint density at radius 3 is 1.62 bits per heavy atom. The van der Waals surface area contributed by atoms with Crippen molar-refractivity contribution >= 4 is 0 Å². The molecule has 3 saturated carbocycles. The summed E-state index contributed by atoms with van der Waals surface area (Å²) in [7, 11) is 0. The van der Waals surface area contributed by atoms with Crippen molar-refractivity contribution < 1.29 is 0 Å². The smallest absolute Gasteiger partial charge is 0.0233 e. The van der Waals surface area contributed by atoms with Crippen molar-refractivity contribution in [3.63, 3.8) is 0 Å². The van der Waals surface area contributed by atoms with Gasteiger partial charge in [-0.25, -0.2) is 0 Å². The lowest BCUT2D eigenvalue weighted by atomic mass is 9.68. The van der Waals surface area contributed by atoms with E-state index in [1.165, 1.54) is 77.0 Å². The molecule has 0 saturated heterocycles. The first-order valence-corrected chi connectivity index (χ1v) is 13.6. The normalized spacial score (nSPS) is 36.3. The van der Waals surface area contributed by atoms with Crippen molar-refractivity contribution in [1.29, 1.82) is 0 Å². The fourth-order valence-electron chi connectivity index (χ4n) is 6.95. The molecule has 0 aliphatic heterocycles. The van der Waals surface area contributed by atoms with E-state index in [0.29, 0.717) is 0 Å². The zero-order valence-corrected chi connectivity index (χ0v) is 19.6. The molecule has 3 aliphatic carbocycles. The molecule has 0 N–H and O–H groups in total. The Morgan fingerprint density at radius 2 is 1.10 bits per heavy atom. The van der Waals surface area contributed by atoms with E-state index in [-0.39, 0.29) is 0 Å². The van der Waals surface area contributed by atoms with Gasteiger partial charge in [0.1, 0.15) is 0 Å². The lowest BCUT2D eigenvalue weighted by Gasteiger charge is -2.38. The van der Waals surface area contributed by atoms with Crippen LogP contribution in [0.1, 0.15) is 122 Å². The highest BCUT2D eigenvalue weighted by Gasteiger charge is 2.30. The molecule has 0 radical (unpaired) electrons. The van der Waals surface area contributed by atoms with Gasteiger partial charge in [0.25, 0.3) is 0 Å². The Balaban J connectivity index is 1.24. The second-order valence-corrected chi connectivity index (χ2v) is 11.0. The van der Waals surface area contributed by atoms with Gasteiger partial charge in [0.05, 0.1) is 0 Å². The van der Waals surface area contributed by atoms with Crippen molar-refractivity contribution in [2.24, 2.45) is 35.5 Å². The molecule has 166 valence electrons. The molecule has 29 heavy (non-hydrogen) atoms. The molecule has 0 heteroatoms. The summed E-state index contributed by atoms with van der Waals surface area (Å²) in [6, 6.07) is 0. The highest BCUT2D eigenvalue weighted by molar-refractivity contribution is 4.92. The van der Waals surface area contributed by atoms with Gasteiger partial charge in [-0.1, -0.05) is 63.7 Å². The second kappa shape index (κ2) is 13.0. The maximum Gasteiger partial charge on any atom is -0.0233 e. The third kappa shape index (κ3) is 7.91. The fourth-order valence-corrected chi connectivity index (χ4v) is 6.95. The molecule has 0 heterocycles. The Morgan fingerprint density at radius 1 is 0.621 bits per heavy atom. The fraction of sp³-hybridized carbons (Fsp3) is 0.862. The van der Waals surface area contributed by atoms with E-state index in [0.717, 1.165) is 35.5 Å². The molecule has 0 atom stereocenters. The van der Waals surface area contributed by atoms with Crippen LogP contribution in [-0.2, 0) is 0 Å². The zero-order chi connectivity index (χ0) is 20.3. The highest BCUT2D eigenvalue weighted by atomic mass is 14.4. The molecule has 0 aromatic carbocycles. The number of allylic oxidation sites excluding steroid dienone is 3. The molecule has 0 nitrogen and oxygen atoms in total. The number of hydrogen-bond donors (Lipinski definition) is 0. The molecule has 3 fully saturated rings. The average Bonchev–Trinajstić information content (AvgIpc) is 2.77. The summed E-state index contributed by atoms with van der Waals surface area (Å²) in [5, 5.41) is 0. The predicted octanol–water partition coefficient (Wildman–Crippen LogP) is 9.51. The van der Waals surface area contributed by atoms with Gasteiger partial charge in [0.2, 0.25) is 0 Å². The van der Waals surface area contributed by atoms with Gasteiger partial charge in [-0.15, -0.1) is 6.58 Å². The highest BCUT2D eigenvalue weighted by Crippen LogP contribution is 2.43. The van der Waals surface area contributed by atoms with Gasteiger partial charge in [-0.3, -0.25) is 0 Å². The molecule has 3 rings (SSSR count). The van der Waals surface area contributed by atoms with E-state index in [1.54, 1.807) is 38.5 Å². The monoisotopic (exact) mass is 398 g/mol. The quantitative estimate of drug-likeness (QED) is 0.321. The summed E-state index contributed by atoms with van der Waals surface area (Å²) < 4.78 is 0. The summed E-state index contributed by atoms with van der Waals surface area (Å²) in [6.45, 7) is 6.23. The minimum absolute atomic E-state index is 0.883. The van der Waals surface area contributed by atoms with Crippen LogP contribution in [0, 0.1) is 35.5 Å². The Hall–Kier alpha value is -0.520.